The van der Waals surface area contributed by atoms with Crippen LogP contribution in [-0.4, -0.2) is 17.1 Å². The van der Waals surface area contributed by atoms with Crippen LogP contribution in [0.1, 0.15) is 25.2 Å². The molecule has 0 aliphatic heterocycles. The number of ether oxygens (including phenoxy) is 1. The number of aryl methyl sites for hydroxylation is 1. The van der Waals surface area contributed by atoms with Crippen LogP contribution in [0.4, 0.5) is 0 Å². The highest BCUT2D eigenvalue weighted by Gasteiger charge is 2.16. The smallest absolute Gasteiger partial charge is 0.179 e. The van der Waals surface area contributed by atoms with E-state index < -0.39 is 0 Å². The first kappa shape index (κ1) is 14.0. The maximum atomic E-state index is 6.27. The molecule has 0 saturated heterocycles. The van der Waals surface area contributed by atoms with Crippen LogP contribution in [0, 0.1) is 6.92 Å². The molecule has 2 rings (SSSR count). The molecular formula is C14H15ClN2OS. The molecule has 0 radical (unpaired) electrons. The summed E-state index contributed by atoms with van der Waals surface area (Å²) in [6.45, 7) is 5.90. The third kappa shape index (κ3) is 2.65. The molecule has 0 fully saturated rings. The van der Waals surface area contributed by atoms with Crippen LogP contribution in [0.15, 0.2) is 18.2 Å². The van der Waals surface area contributed by atoms with Crippen LogP contribution >= 0.6 is 22.9 Å². The van der Waals surface area contributed by atoms with Crippen molar-refractivity contribution < 1.29 is 4.74 Å². The number of nitrogens with zero attached hydrogens (tertiary/aromatic N) is 2. The van der Waals surface area contributed by atoms with E-state index in [1.807, 2.05) is 39.0 Å². The number of fused-ring (bicyclic) bond motifs is 1. The summed E-state index contributed by atoms with van der Waals surface area (Å²) >= 11 is 7.76. The summed E-state index contributed by atoms with van der Waals surface area (Å²) in [5.41, 5.74) is 1.97. The Hall–Kier alpha value is -1.39. The Balaban J connectivity index is 2.62. The summed E-state index contributed by atoms with van der Waals surface area (Å²) in [4.78, 5) is 9.78. The van der Waals surface area contributed by atoms with Gasteiger partial charge in [-0.25, -0.2) is 9.97 Å². The zero-order valence-corrected chi connectivity index (χ0v) is 12.9. The summed E-state index contributed by atoms with van der Waals surface area (Å²) in [6.07, 6.45) is 5.88. The van der Waals surface area contributed by atoms with E-state index in [0.717, 1.165) is 26.4 Å². The van der Waals surface area contributed by atoms with E-state index >= 15 is 0 Å². The molecule has 0 aromatic carbocycles. The standard InChI is InChI=1S/C14H15ClN2OS/c1-5-6-7-8(2)12-16-11(15)10-9(3)14(18-4)19-13(10)17-12/h5-7H,1-4H3/b6-5-,8-7+. The number of allylic oxidation sites excluding steroid dienone is 4. The summed E-state index contributed by atoms with van der Waals surface area (Å²) in [5.74, 6) is 0.652. The highest BCUT2D eigenvalue weighted by atomic mass is 35.5. The Bertz CT molecular complexity index is 674. The summed E-state index contributed by atoms with van der Waals surface area (Å²) in [7, 11) is 1.65. The van der Waals surface area contributed by atoms with Crippen LogP contribution in [0.5, 0.6) is 5.06 Å². The first-order valence-corrected chi connectivity index (χ1v) is 7.08. The highest BCUT2D eigenvalue weighted by Crippen LogP contribution is 2.39. The lowest BCUT2D eigenvalue weighted by Crippen LogP contribution is -1.92. The minimum atomic E-state index is 0.477. The second-order valence-electron chi connectivity index (χ2n) is 4.11. The van der Waals surface area contributed by atoms with Crippen LogP contribution in [-0.2, 0) is 0 Å². The van der Waals surface area contributed by atoms with E-state index in [9.17, 15) is 0 Å². The fourth-order valence-corrected chi connectivity index (χ4v) is 3.12. The molecule has 0 N–H and O–H groups in total. The molecule has 0 aliphatic rings. The maximum Gasteiger partial charge on any atom is 0.179 e. The fraction of sp³-hybridized carbons (Fsp3) is 0.286. The Kier molecular flexibility index (Phi) is 4.22. The van der Waals surface area contributed by atoms with Gasteiger partial charge in [-0.15, -0.1) is 0 Å². The van der Waals surface area contributed by atoms with Gasteiger partial charge in [0.2, 0.25) is 0 Å². The number of thiophene rings is 1. The van der Waals surface area contributed by atoms with Crippen LogP contribution in [0.25, 0.3) is 15.8 Å². The largest absolute Gasteiger partial charge is 0.487 e. The molecule has 2 aromatic rings. The van der Waals surface area contributed by atoms with Crippen molar-refractivity contribution in [2.75, 3.05) is 7.11 Å². The number of rotatable bonds is 3. The van der Waals surface area contributed by atoms with E-state index in [2.05, 4.69) is 9.97 Å². The van der Waals surface area contributed by atoms with Crippen molar-refractivity contribution in [3.8, 4) is 5.06 Å². The van der Waals surface area contributed by atoms with Gasteiger partial charge < -0.3 is 4.74 Å². The first-order chi connectivity index (χ1) is 9.08. The van der Waals surface area contributed by atoms with Crippen LogP contribution in [0.2, 0.25) is 5.15 Å². The molecule has 19 heavy (non-hydrogen) atoms. The van der Waals surface area contributed by atoms with E-state index in [-0.39, 0.29) is 0 Å². The lowest BCUT2D eigenvalue weighted by molar-refractivity contribution is 0.425. The summed E-state index contributed by atoms with van der Waals surface area (Å²) < 4.78 is 5.32. The van der Waals surface area contributed by atoms with Crippen LogP contribution in [0.3, 0.4) is 0 Å². The number of methoxy groups -OCH3 is 1. The number of aromatic nitrogens is 2. The van der Waals surface area contributed by atoms with E-state index in [1.165, 1.54) is 11.3 Å². The molecule has 5 heteroatoms. The van der Waals surface area contributed by atoms with Gasteiger partial charge >= 0.3 is 0 Å². The summed E-state index contributed by atoms with van der Waals surface area (Å²) in [5, 5.41) is 2.19. The molecule has 0 unspecified atom stereocenters. The number of hydrogen-bond donors (Lipinski definition) is 0. The molecule has 0 spiro atoms. The van der Waals surface area contributed by atoms with Gasteiger partial charge in [0.25, 0.3) is 0 Å². The maximum absolute atomic E-state index is 6.27. The van der Waals surface area contributed by atoms with Gasteiger partial charge in [0, 0.05) is 5.56 Å². The zero-order valence-electron chi connectivity index (χ0n) is 11.3. The molecule has 0 atom stereocenters. The van der Waals surface area contributed by atoms with E-state index in [1.54, 1.807) is 7.11 Å². The molecule has 3 nitrogen and oxygen atoms in total. The Morgan fingerprint density at radius 2 is 2.11 bits per heavy atom. The van der Waals surface area contributed by atoms with Gasteiger partial charge in [0.15, 0.2) is 10.9 Å². The fourth-order valence-electron chi connectivity index (χ4n) is 1.76. The Morgan fingerprint density at radius 1 is 1.37 bits per heavy atom. The van der Waals surface area contributed by atoms with Gasteiger partial charge in [0.1, 0.15) is 9.98 Å². The minimum Gasteiger partial charge on any atom is -0.487 e. The monoisotopic (exact) mass is 294 g/mol. The van der Waals surface area contributed by atoms with Gasteiger partial charge in [-0.1, -0.05) is 41.2 Å². The van der Waals surface area contributed by atoms with Crippen molar-refractivity contribution in [3.63, 3.8) is 0 Å². The molecule has 0 amide bonds. The number of halogens is 1. The predicted molar refractivity (Wildman–Crippen MR) is 82.2 cm³/mol. The molecule has 0 aliphatic carbocycles. The average molecular weight is 295 g/mol. The minimum absolute atomic E-state index is 0.477. The van der Waals surface area contributed by atoms with E-state index in [0.29, 0.717) is 11.0 Å². The Labute approximate surface area is 121 Å². The third-order valence-electron chi connectivity index (χ3n) is 2.78. The van der Waals surface area contributed by atoms with Crippen LogP contribution < -0.4 is 4.74 Å². The van der Waals surface area contributed by atoms with E-state index in [4.69, 9.17) is 16.3 Å². The average Bonchev–Trinajstić information content (AvgIpc) is 2.72. The van der Waals surface area contributed by atoms with Crippen molar-refractivity contribution in [1.82, 2.24) is 9.97 Å². The lowest BCUT2D eigenvalue weighted by atomic mass is 10.2. The van der Waals surface area contributed by atoms with Gasteiger partial charge in [0.05, 0.1) is 12.5 Å². The lowest BCUT2D eigenvalue weighted by Gasteiger charge is -2.01. The molecule has 100 valence electrons. The number of hydrogen-bond acceptors (Lipinski definition) is 4. The molecule has 0 bridgehead atoms. The van der Waals surface area contributed by atoms with Crippen molar-refractivity contribution in [3.05, 3.63) is 34.8 Å². The highest BCUT2D eigenvalue weighted by molar-refractivity contribution is 7.20. The molecule has 2 aromatic heterocycles. The van der Waals surface area contributed by atoms with Gasteiger partial charge in [-0.05, 0) is 26.3 Å². The van der Waals surface area contributed by atoms with Crippen molar-refractivity contribution in [2.45, 2.75) is 20.8 Å². The molecular weight excluding hydrogens is 280 g/mol. The summed E-state index contributed by atoms with van der Waals surface area (Å²) in [6, 6.07) is 0. The first-order valence-electron chi connectivity index (χ1n) is 5.89. The Morgan fingerprint density at radius 3 is 2.74 bits per heavy atom. The topological polar surface area (TPSA) is 35.0 Å². The SMILES string of the molecule is C/C=C\C=C(/C)c1nc(Cl)c2c(C)c(OC)sc2n1. The molecule has 0 saturated carbocycles. The second kappa shape index (κ2) is 5.72. The van der Waals surface area contributed by atoms with Crippen molar-refractivity contribution in [2.24, 2.45) is 0 Å². The third-order valence-corrected chi connectivity index (χ3v) is 4.20. The normalized spacial score (nSPS) is 12.6. The van der Waals surface area contributed by atoms with Crippen molar-refractivity contribution >= 4 is 38.7 Å². The second-order valence-corrected chi connectivity index (χ2v) is 5.43. The molecule has 2 heterocycles. The quantitative estimate of drug-likeness (QED) is 0.611. The zero-order chi connectivity index (χ0) is 14.0. The predicted octanol–water partition coefficient (Wildman–Crippen LogP) is 4.64. The van der Waals surface area contributed by atoms with Gasteiger partial charge in [-0.3, -0.25) is 0 Å². The van der Waals surface area contributed by atoms with Gasteiger partial charge in [-0.2, -0.15) is 0 Å². The van der Waals surface area contributed by atoms with Crippen molar-refractivity contribution in [1.29, 1.82) is 0 Å².